The van der Waals surface area contributed by atoms with Gasteiger partial charge in [-0.3, -0.25) is 4.79 Å². The van der Waals surface area contributed by atoms with Crippen molar-refractivity contribution in [3.63, 3.8) is 0 Å². The molecule has 0 radical (unpaired) electrons. The molecular weight excluding hydrogens is 328 g/mol. The second kappa shape index (κ2) is 7.35. The molecule has 26 heavy (non-hydrogen) atoms. The van der Waals surface area contributed by atoms with Gasteiger partial charge in [0.05, 0.1) is 12.1 Å². The summed E-state index contributed by atoms with van der Waals surface area (Å²) in [4.78, 5) is 23.1. The molecule has 1 saturated heterocycles. The molecule has 0 spiro atoms. The first kappa shape index (κ1) is 16.3. The molecule has 3 heterocycles. The third-order valence-electron chi connectivity index (χ3n) is 4.44. The first-order valence-electron chi connectivity index (χ1n) is 8.72. The SMILES string of the molecule is O=C(Nc1cccc(Cn2cncn2)c1)c1ccc(N2CCCC2)nc1. The lowest BCUT2D eigenvalue weighted by Crippen LogP contribution is -2.19. The van der Waals surface area contributed by atoms with Crippen molar-refractivity contribution < 1.29 is 4.79 Å². The van der Waals surface area contributed by atoms with Crippen LogP contribution in [0.5, 0.6) is 0 Å². The molecule has 4 rings (SSSR count). The standard InChI is InChI=1S/C19H20N6O/c26-19(16-6-7-18(21-11-16)24-8-1-2-9-24)23-17-5-3-4-15(10-17)12-25-14-20-13-22-25/h3-7,10-11,13-14H,1-2,8-9,12H2,(H,23,26). The predicted octanol–water partition coefficient (Wildman–Crippen LogP) is 2.57. The van der Waals surface area contributed by atoms with Crippen LogP contribution in [0.4, 0.5) is 11.5 Å². The minimum absolute atomic E-state index is 0.164. The third-order valence-corrected chi connectivity index (χ3v) is 4.44. The average molecular weight is 348 g/mol. The number of carbonyl (C=O) groups is 1. The van der Waals surface area contributed by atoms with Gasteiger partial charge in [0.25, 0.3) is 5.91 Å². The monoisotopic (exact) mass is 348 g/mol. The maximum Gasteiger partial charge on any atom is 0.257 e. The fourth-order valence-electron chi connectivity index (χ4n) is 3.11. The lowest BCUT2D eigenvalue weighted by Gasteiger charge is -2.16. The number of anilines is 2. The third kappa shape index (κ3) is 3.72. The Morgan fingerprint density at radius 3 is 2.77 bits per heavy atom. The first-order valence-corrected chi connectivity index (χ1v) is 8.72. The molecule has 1 aromatic carbocycles. The van der Waals surface area contributed by atoms with Crippen LogP contribution in [0.1, 0.15) is 28.8 Å². The van der Waals surface area contributed by atoms with Crippen LogP contribution in [0.25, 0.3) is 0 Å². The van der Waals surface area contributed by atoms with Crippen LogP contribution >= 0.6 is 0 Å². The van der Waals surface area contributed by atoms with Gasteiger partial charge in [0, 0.05) is 25.0 Å². The summed E-state index contributed by atoms with van der Waals surface area (Å²) in [6.07, 6.45) is 7.22. The zero-order valence-corrected chi connectivity index (χ0v) is 14.4. The summed E-state index contributed by atoms with van der Waals surface area (Å²) in [5, 5.41) is 7.03. The van der Waals surface area contributed by atoms with Crippen LogP contribution in [0, 0.1) is 0 Å². The van der Waals surface area contributed by atoms with Crippen molar-refractivity contribution in [1.82, 2.24) is 19.7 Å². The van der Waals surface area contributed by atoms with E-state index in [9.17, 15) is 4.79 Å². The van der Waals surface area contributed by atoms with Gasteiger partial charge in [-0.2, -0.15) is 5.10 Å². The molecule has 0 unspecified atom stereocenters. The van der Waals surface area contributed by atoms with Crippen molar-refractivity contribution in [3.8, 4) is 0 Å². The normalized spacial score (nSPS) is 13.8. The van der Waals surface area contributed by atoms with Crippen molar-refractivity contribution >= 4 is 17.4 Å². The summed E-state index contributed by atoms with van der Waals surface area (Å²) in [5.41, 5.74) is 2.33. The molecule has 1 aliphatic rings. The second-order valence-electron chi connectivity index (χ2n) is 6.35. The predicted molar refractivity (Wildman–Crippen MR) is 99.2 cm³/mol. The Hall–Kier alpha value is -3.22. The van der Waals surface area contributed by atoms with Gasteiger partial charge in [-0.1, -0.05) is 12.1 Å². The van der Waals surface area contributed by atoms with Crippen LogP contribution in [0.3, 0.4) is 0 Å². The van der Waals surface area contributed by atoms with Crippen LogP contribution in [0.15, 0.2) is 55.2 Å². The Bertz CT molecular complexity index is 869. The first-order chi connectivity index (χ1) is 12.8. The topological polar surface area (TPSA) is 75.9 Å². The van der Waals surface area contributed by atoms with E-state index in [0.717, 1.165) is 30.2 Å². The maximum absolute atomic E-state index is 12.5. The number of nitrogens with zero attached hydrogens (tertiary/aromatic N) is 5. The number of hydrogen-bond acceptors (Lipinski definition) is 5. The van der Waals surface area contributed by atoms with E-state index in [1.165, 1.54) is 19.2 Å². The molecule has 1 fully saturated rings. The number of nitrogens with one attached hydrogen (secondary N) is 1. The molecule has 3 aromatic rings. The van der Waals surface area contributed by atoms with Gasteiger partial charge in [-0.15, -0.1) is 0 Å². The van der Waals surface area contributed by atoms with E-state index in [1.54, 1.807) is 17.2 Å². The van der Waals surface area contributed by atoms with E-state index in [4.69, 9.17) is 0 Å². The molecule has 2 aromatic heterocycles. The summed E-state index contributed by atoms with van der Waals surface area (Å²) in [6.45, 7) is 2.68. The van der Waals surface area contributed by atoms with E-state index in [2.05, 4.69) is 25.3 Å². The van der Waals surface area contributed by atoms with Crippen LogP contribution in [-0.4, -0.2) is 38.7 Å². The quantitative estimate of drug-likeness (QED) is 0.767. The minimum atomic E-state index is -0.164. The maximum atomic E-state index is 12.5. The van der Waals surface area contributed by atoms with Crippen molar-refractivity contribution in [1.29, 1.82) is 0 Å². The highest BCUT2D eigenvalue weighted by atomic mass is 16.1. The highest BCUT2D eigenvalue weighted by Crippen LogP contribution is 2.18. The zero-order valence-electron chi connectivity index (χ0n) is 14.4. The van der Waals surface area contributed by atoms with E-state index in [0.29, 0.717) is 12.1 Å². The van der Waals surface area contributed by atoms with E-state index in [-0.39, 0.29) is 5.91 Å². The molecule has 7 nitrogen and oxygen atoms in total. The second-order valence-corrected chi connectivity index (χ2v) is 6.35. The van der Waals surface area contributed by atoms with E-state index >= 15 is 0 Å². The lowest BCUT2D eigenvalue weighted by molar-refractivity contribution is 0.102. The average Bonchev–Trinajstić information content (AvgIpc) is 3.36. The van der Waals surface area contributed by atoms with Crippen LogP contribution in [-0.2, 0) is 6.54 Å². The summed E-state index contributed by atoms with van der Waals surface area (Å²) < 4.78 is 1.74. The van der Waals surface area contributed by atoms with Crippen molar-refractivity contribution in [3.05, 3.63) is 66.4 Å². The molecule has 1 amide bonds. The van der Waals surface area contributed by atoms with Crippen molar-refractivity contribution in [2.75, 3.05) is 23.3 Å². The molecule has 1 aliphatic heterocycles. The Morgan fingerprint density at radius 1 is 1.15 bits per heavy atom. The van der Waals surface area contributed by atoms with Gasteiger partial charge in [0.1, 0.15) is 18.5 Å². The molecule has 0 aliphatic carbocycles. The highest BCUT2D eigenvalue weighted by Gasteiger charge is 2.14. The number of hydrogen-bond donors (Lipinski definition) is 1. The van der Waals surface area contributed by atoms with Crippen molar-refractivity contribution in [2.24, 2.45) is 0 Å². The summed E-state index contributed by atoms with van der Waals surface area (Å²) >= 11 is 0. The molecule has 7 heteroatoms. The number of amides is 1. The number of benzene rings is 1. The molecule has 132 valence electrons. The number of aromatic nitrogens is 4. The van der Waals surface area contributed by atoms with Crippen LogP contribution in [0.2, 0.25) is 0 Å². The molecule has 1 N–H and O–H groups in total. The molecule has 0 bridgehead atoms. The fraction of sp³-hybridized carbons (Fsp3) is 0.263. The van der Waals surface area contributed by atoms with Gasteiger partial charge in [-0.25, -0.2) is 14.6 Å². The van der Waals surface area contributed by atoms with E-state index in [1.807, 2.05) is 36.4 Å². The molecule has 0 saturated carbocycles. The number of carbonyl (C=O) groups excluding carboxylic acids is 1. The summed E-state index contributed by atoms with van der Waals surface area (Å²) in [6, 6.07) is 11.5. The lowest BCUT2D eigenvalue weighted by atomic mass is 10.2. The van der Waals surface area contributed by atoms with Gasteiger partial charge in [0.15, 0.2) is 0 Å². The zero-order chi connectivity index (χ0) is 17.8. The molecular formula is C19H20N6O. The molecule has 0 atom stereocenters. The minimum Gasteiger partial charge on any atom is -0.357 e. The number of rotatable bonds is 5. The van der Waals surface area contributed by atoms with Gasteiger partial charge in [-0.05, 0) is 42.7 Å². The Labute approximate surface area is 151 Å². The Kier molecular flexibility index (Phi) is 4.59. The van der Waals surface area contributed by atoms with E-state index < -0.39 is 0 Å². The number of pyridine rings is 1. The van der Waals surface area contributed by atoms with Gasteiger partial charge in [0.2, 0.25) is 0 Å². The Morgan fingerprint density at radius 2 is 2.04 bits per heavy atom. The van der Waals surface area contributed by atoms with Gasteiger partial charge < -0.3 is 10.2 Å². The highest BCUT2D eigenvalue weighted by molar-refractivity contribution is 6.04. The van der Waals surface area contributed by atoms with Gasteiger partial charge >= 0.3 is 0 Å². The van der Waals surface area contributed by atoms with Crippen LogP contribution < -0.4 is 10.2 Å². The summed E-state index contributed by atoms with van der Waals surface area (Å²) in [7, 11) is 0. The summed E-state index contributed by atoms with van der Waals surface area (Å²) in [5.74, 6) is 0.775. The fourth-order valence-corrected chi connectivity index (χ4v) is 3.11. The largest absolute Gasteiger partial charge is 0.357 e. The van der Waals surface area contributed by atoms with Crippen molar-refractivity contribution in [2.45, 2.75) is 19.4 Å². The Balaban J connectivity index is 1.42. The smallest absolute Gasteiger partial charge is 0.257 e.